The number of nitrogens with zero attached hydrogens (tertiary/aromatic N) is 1. The molecule has 0 aliphatic carbocycles. The first-order valence-electron chi connectivity index (χ1n) is 6.58. The van der Waals surface area contributed by atoms with Crippen molar-refractivity contribution < 1.29 is 4.79 Å². The molecule has 1 aromatic carbocycles. The van der Waals surface area contributed by atoms with Crippen molar-refractivity contribution in [3.8, 4) is 0 Å². The minimum Gasteiger partial charge on any atom is -0.314 e. The smallest absolute Gasteiger partial charge is 0.244 e. The van der Waals surface area contributed by atoms with Crippen LogP contribution in [-0.2, 0) is 4.79 Å². The lowest BCUT2D eigenvalue weighted by molar-refractivity contribution is -0.120. The van der Waals surface area contributed by atoms with Crippen molar-refractivity contribution in [1.29, 1.82) is 0 Å². The molecule has 1 aliphatic rings. The van der Waals surface area contributed by atoms with Crippen molar-refractivity contribution in [2.45, 2.75) is 33.2 Å². The summed E-state index contributed by atoms with van der Waals surface area (Å²) in [7, 11) is 1.86. The second-order valence-electron chi connectivity index (χ2n) is 5.44. The molecule has 18 heavy (non-hydrogen) atoms. The predicted octanol–water partition coefficient (Wildman–Crippen LogP) is 2.26. The number of nitrogens with one attached hydrogen (secondary N) is 1. The van der Waals surface area contributed by atoms with Crippen molar-refractivity contribution in [3.63, 3.8) is 0 Å². The van der Waals surface area contributed by atoms with Gasteiger partial charge in [0, 0.05) is 12.7 Å². The number of anilines is 1. The number of carbonyl (C=O) groups excluding carboxylic acids is 1. The molecule has 1 aliphatic heterocycles. The lowest BCUT2D eigenvalue weighted by atomic mass is 10.0. The molecule has 1 aromatic rings. The molecule has 0 saturated carbocycles. The highest BCUT2D eigenvalue weighted by molar-refractivity contribution is 5.97. The van der Waals surface area contributed by atoms with Gasteiger partial charge in [0.25, 0.3) is 0 Å². The molecule has 1 fully saturated rings. The predicted molar refractivity (Wildman–Crippen MR) is 74.9 cm³/mol. The molecule has 2 unspecified atom stereocenters. The van der Waals surface area contributed by atoms with E-state index in [0.29, 0.717) is 5.92 Å². The van der Waals surface area contributed by atoms with Crippen molar-refractivity contribution >= 4 is 11.6 Å². The Morgan fingerprint density at radius 2 is 1.89 bits per heavy atom. The van der Waals surface area contributed by atoms with Gasteiger partial charge >= 0.3 is 0 Å². The van der Waals surface area contributed by atoms with E-state index in [1.807, 2.05) is 7.05 Å². The molecular weight excluding hydrogens is 224 g/mol. The van der Waals surface area contributed by atoms with Crippen LogP contribution in [0.3, 0.4) is 0 Å². The van der Waals surface area contributed by atoms with Crippen LogP contribution in [0.15, 0.2) is 18.2 Å². The Morgan fingerprint density at radius 1 is 1.28 bits per heavy atom. The van der Waals surface area contributed by atoms with Crippen LogP contribution in [0, 0.1) is 19.8 Å². The zero-order chi connectivity index (χ0) is 13.3. The van der Waals surface area contributed by atoms with E-state index in [9.17, 15) is 4.79 Å². The fourth-order valence-corrected chi connectivity index (χ4v) is 2.65. The van der Waals surface area contributed by atoms with Gasteiger partial charge in [-0.15, -0.1) is 0 Å². The van der Waals surface area contributed by atoms with Gasteiger partial charge in [-0.3, -0.25) is 4.79 Å². The highest BCUT2D eigenvalue weighted by Crippen LogP contribution is 2.22. The normalized spacial score (nSPS) is 23.1. The van der Waals surface area contributed by atoms with Gasteiger partial charge in [0.1, 0.15) is 0 Å². The standard InChI is InChI=1S/C15H22N2O/c1-10-7-11(2)9-13(8-10)17(4)15(18)14-12(3)5-6-16-14/h7-9,12,14,16H,5-6H2,1-4H3. The van der Waals surface area contributed by atoms with Gasteiger partial charge < -0.3 is 10.2 Å². The highest BCUT2D eigenvalue weighted by atomic mass is 16.2. The number of hydrogen-bond acceptors (Lipinski definition) is 2. The summed E-state index contributed by atoms with van der Waals surface area (Å²) in [5.41, 5.74) is 3.37. The number of amides is 1. The monoisotopic (exact) mass is 246 g/mol. The van der Waals surface area contributed by atoms with E-state index >= 15 is 0 Å². The quantitative estimate of drug-likeness (QED) is 0.868. The number of likely N-dealkylation sites (N-methyl/N-ethyl adjacent to an activating group) is 1. The van der Waals surface area contributed by atoms with E-state index < -0.39 is 0 Å². The summed E-state index contributed by atoms with van der Waals surface area (Å²) in [6, 6.07) is 6.21. The van der Waals surface area contributed by atoms with Crippen LogP contribution in [0.5, 0.6) is 0 Å². The summed E-state index contributed by atoms with van der Waals surface area (Å²) in [6.07, 6.45) is 1.08. The SMILES string of the molecule is Cc1cc(C)cc(N(C)C(=O)C2NCCC2C)c1. The first kappa shape index (κ1) is 13.1. The Morgan fingerprint density at radius 3 is 2.39 bits per heavy atom. The Bertz CT molecular complexity index is 436. The largest absolute Gasteiger partial charge is 0.314 e. The van der Waals surface area contributed by atoms with Gasteiger partial charge in [0.05, 0.1) is 6.04 Å². The third kappa shape index (κ3) is 2.56. The summed E-state index contributed by atoms with van der Waals surface area (Å²) in [6.45, 7) is 7.20. The first-order chi connectivity index (χ1) is 8.49. The van der Waals surface area contributed by atoms with Crippen LogP contribution in [0.2, 0.25) is 0 Å². The van der Waals surface area contributed by atoms with Crippen LogP contribution >= 0.6 is 0 Å². The highest BCUT2D eigenvalue weighted by Gasteiger charge is 2.31. The van der Waals surface area contributed by atoms with E-state index in [-0.39, 0.29) is 11.9 Å². The third-order valence-corrected chi connectivity index (χ3v) is 3.72. The molecule has 0 aromatic heterocycles. The van der Waals surface area contributed by atoms with Crippen LogP contribution in [-0.4, -0.2) is 25.5 Å². The van der Waals surface area contributed by atoms with Gasteiger partial charge in [-0.05, 0) is 56.0 Å². The average molecular weight is 246 g/mol. The number of rotatable bonds is 2. The Hall–Kier alpha value is -1.35. The number of carbonyl (C=O) groups is 1. The van der Waals surface area contributed by atoms with Crippen molar-refractivity contribution in [1.82, 2.24) is 5.32 Å². The van der Waals surface area contributed by atoms with Gasteiger partial charge in [-0.25, -0.2) is 0 Å². The average Bonchev–Trinajstić information content (AvgIpc) is 2.72. The zero-order valence-electron chi connectivity index (χ0n) is 11.7. The van der Waals surface area contributed by atoms with Gasteiger partial charge in [-0.2, -0.15) is 0 Å². The molecule has 3 nitrogen and oxygen atoms in total. The maximum atomic E-state index is 12.4. The van der Waals surface area contributed by atoms with E-state index in [0.717, 1.165) is 18.7 Å². The molecule has 2 atom stereocenters. The molecular formula is C15H22N2O. The van der Waals surface area contributed by atoms with Crippen LogP contribution in [0.25, 0.3) is 0 Å². The minimum atomic E-state index is -0.0316. The summed E-state index contributed by atoms with van der Waals surface area (Å²) in [5.74, 6) is 0.593. The maximum Gasteiger partial charge on any atom is 0.244 e. The third-order valence-electron chi connectivity index (χ3n) is 3.72. The first-order valence-corrected chi connectivity index (χ1v) is 6.58. The van der Waals surface area contributed by atoms with Gasteiger partial charge in [0.15, 0.2) is 0 Å². The Balaban J connectivity index is 2.19. The van der Waals surface area contributed by atoms with Crippen molar-refractivity contribution in [2.24, 2.45) is 5.92 Å². The van der Waals surface area contributed by atoms with E-state index in [1.54, 1.807) is 4.90 Å². The fourth-order valence-electron chi connectivity index (χ4n) is 2.65. The minimum absolute atomic E-state index is 0.0316. The van der Waals surface area contributed by atoms with E-state index in [4.69, 9.17) is 0 Å². The lowest BCUT2D eigenvalue weighted by Gasteiger charge is -2.24. The molecule has 3 heteroatoms. The van der Waals surface area contributed by atoms with Crippen molar-refractivity contribution in [2.75, 3.05) is 18.5 Å². The molecule has 1 amide bonds. The molecule has 98 valence electrons. The summed E-state index contributed by atoms with van der Waals surface area (Å²) in [5, 5.41) is 3.29. The summed E-state index contributed by atoms with van der Waals surface area (Å²) < 4.78 is 0. The van der Waals surface area contributed by atoms with E-state index in [1.165, 1.54) is 11.1 Å². The lowest BCUT2D eigenvalue weighted by Crippen LogP contribution is -2.44. The Kier molecular flexibility index (Phi) is 3.71. The van der Waals surface area contributed by atoms with Crippen LogP contribution in [0.4, 0.5) is 5.69 Å². The molecule has 1 N–H and O–H groups in total. The molecule has 0 radical (unpaired) electrons. The molecule has 0 bridgehead atoms. The Labute approximate surface area is 109 Å². The van der Waals surface area contributed by atoms with E-state index in [2.05, 4.69) is 44.3 Å². The fraction of sp³-hybridized carbons (Fsp3) is 0.533. The van der Waals surface area contributed by atoms with Crippen LogP contribution in [0.1, 0.15) is 24.5 Å². The second kappa shape index (κ2) is 5.11. The van der Waals surface area contributed by atoms with Gasteiger partial charge in [0.2, 0.25) is 5.91 Å². The molecule has 1 saturated heterocycles. The topological polar surface area (TPSA) is 32.3 Å². The van der Waals surface area contributed by atoms with Gasteiger partial charge in [-0.1, -0.05) is 13.0 Å². The summed E-state index contributed by atoms with van der Waals surface area (Å²) >= 11 is 0. The number of benzene rings is 1. The number of aryl methyl sites for hydroxylation is 2. The van der Waals surface area contributed by atoms with Crippen molar-refractivity contribution in [3.05, 3.63) is 29.3 Å². The maximum absolute atomic E-state index is 12.4. The molecule has 0 spiro atoms. The molecule has 2 rings (SSSR count). The second-order valence-corrected chi connectivity index (χ2v) is 5.44. The number of hydrogen-bond donors (Lipinski definition) is 1. The van der Waals surface area contributed by atoms with Crippen LogP contribution < -0.4 is 10.2 Å². The molecule has 1 heterocycles. The summed E-state index contributed by atoms with van der Waals surface area (Å²) in [4.78, 5) is 14.2. The zero-order valence-corrected chi connectivity index (χ0v) is 11.7.